The largest absolute Gasteiger partial charge is 0.481 e. The summed E-state index contributed by atoms with van der Waals surface area (Å²) in [7, 11) is -4.28. The third-order valence-corrected chi connectivity index (χ3v) is 8.08. The van der Waals surface area contributed by atoms with Crippen molar-refractivity contribution in [3.05, 3.63) is 35.1 Å². The fourth-order valence-corrected chi connectivity index (χ4v) is 5.79. The number of carbonyl (C=O) groups excluding carboxylic acids is 1. The van der Waals surface area contributed by atoms with Crippen LogP contribution in [0.3, 0.4) is 0 Å². The lowest BCUT2D eigenvalue weighted by Gasteiger charge is -2.35. The molecule has 3 rings (SSSR count). The average molecular weight is 567 g/mol. The number of alkyl halides is 3. The molecule has 204 valence electrons. The topological polar surface area (TPSA) is 131 Å². The van der Waals surface area contributed by atoms with Crippen LogP contribution >= 0.6 is 11.6 Å². The van der Waals surface area contributed by atoms with E-state index in [4.69, 9.17) is 16.7 Å². The van der Waals surface area contributed by atoms with Gasteiger partial charge in [-0.1, -0.05) is 17.7 Å². The summed E-state index contributed by atoms with van der Waals surface area (Å²) in [5.41, 5.74) is -2.05. The van der Waals surface area contributed by atoms with Gasteiger partial charge in [0.1, 0.15) is 4.90 Å². The van der Waals surface area contributed by atoms with Crippen molar-refractivity contribution < 1.29 is 41.0 Å². The SMILES string of the molecule is CCn1cc(S(=O)(=O)N2CC(CCC(=O)O)Cc3ccc(NC(=O)OC(C)(C)C(F)(F)F)cc32)c(Cl)n1. The number of rotatable bonds is 8. The van der Waals surface area contributed by atoms with Crippen molar-refractivity contribution in [1.29, 1.82) is 0 Å². The molecule has 10 nitrogen and oxygen atoms in total. The maximum Gasteiger partial charge on any atom is 0.427 e. The molecule has 0 bridgehead atoms. The molecule has 1 aromatic heterocycles. The van der Waals surface area contributed by atoms with E-state index < -0.39 is 33.9 Å². The van der Waals surface area contributed by atoms with Gasteiger partial charge in [-0.15, -0.1) is 0 Å². The molecule has 1 unspecified atom stereocenters. The van der Waals surface area contributed by atoms with Crippen molar-refractivity contribution in [1.82, 2.24) is 9.78 Å². The van der Waals surface area contributed by atoms with Crippen molar-refractivity contribution in [2.45, 2.75) is 63.3 Å². The zero-order valence-electron chi connectivity index (χ0n) is 20.2. The molecule has 0 saturated heterocycles. The summed E-state index contributed by atoms with van der Waals surface area (Å²) < 4.78 is 73.5. The number of ether oxygens (including phenoxy) is 1. The molecule has 1 aliphatic rings. The van der Waals surface area contributed by atoms with E-state index in [2.05, 4.69) is 15.2 Å². The van der Waals surface area contributed by atoms with Crippen LogP contribution in [0.25, 0.3) is 0 Å². The first-order chi connectivity index (χ1) is 17.0. The quantitative estimate of drug-likeness (QED) is 0.474. The van der Waals surface area contributed by atoms with E-state index in [0.717, 1.165) is 4.31 Å². The van der Waals surface area contributed by atoms with Gasteiger partial charge < -0.3 is 9.84 Å². The third kappa shape index (κ3) is 6.29. The number of nitrogens with zero attached hydrogens (tertiary/aromatic N) is 3. The molecular weight excluding hydrogens is 541 g/mol. The van der Waals surface area contributed by atoms with E-state index in [9.17, 15) is 31.2 Å². The molecule has 2 aromatic rings. The molecule has 0 spiro atoms. The lowest BCUT2D eigenvalue weighted by molar-refractivity contribution is -0.242. The van der Waals surface area contributed by atoms with Crippen molar-refractivity contribution in [2.24, 2.45) is 5.92 Å². The van der Waals surface area contributed by atoms with E-state index in [1.807, 2.05) is 0 Å². The maximum absolute atomic E-state index is 13.7. The number of nitrogens with one attached hydrogen (secondary N) is 1. The number of aromatic nitrogens is 2. The maximum atomic E-state index is 13.7. The Morgan fingerprint density at radius 1 is 1.30 bits per heavy atom. The normalized spacial score (nSPS) is 16.3. The van der Waals surface area contributed by atoms with Gasteiger partial charge in [-0.2, -0.15) is 18.3 Å². The number of fused-ring (bicyclic) bond motifs is 1. The zero-order valence-corrected chi connectivity index (χ0v) is 21.7. The van der Waals surface area contributed by atoms with Gasteiger partial charge in [-0.25, -0.2) is 13.2 Å². The standard InChI is InChI=1S/C22H26ClF3N4O6S/c1-4-29-12-17(19(23)28-29)37(34,35)30-11-13(5-8-18(31)32)9-14-6-7-15(10-16(14)30)27-20(33)36-21(2,3)22(24,25)26/h6-7,10,12-13H,4-5,8-9,11H2,1-3H3,(H,27,33)(H,31,32). The number of aliphatic carboxylic acids is 1. The molecule has 0 saturated carbocycles. The molecule has 37 heavy (non-hydrogen) atoms. The Hall–Kier alpha value is -3.00. The van der Waals surface area contributed by atoms with Gasteiger partial charge >= 0.3 is 18.2 Å². The molecule has 1 atom stereocenters. The highest BCUT2D eigenvalue weighted by Gasteiger charge is 2.51. The molecular formula is C22H26ClF3N4O6S. The Morgan fingerprint density at radius 3 is 2.54 bits per heavy atom. The van der Waals surface area contributed by atoms with Gasteiger partial charge in [0.05, 0.1) is 5.69 Å². The second-order valence-electron chi connectivity index (χ2n) is 9.04. The fourth-order valence-electron chi connectivity index (χ4n) is 3.77. The monoisotopic (exact) mass is 566 g/mol. The molecule has 0 radical (unpaired) electrons. The number of anilines is 2. The number of carboxylic acid groups (broad SMARTS) is 1. The Bertz CT molecular complexity index is 1300. The lowest BCUT2D eigenvalue weighted by Crippen LogP contribution is -2.44. The van der Waals surface area contributed by atoms with Crippen molar-refractivity contribution in [3.8, 4) is 0 Å². The number of carbonyl (C=O) groups is 2. The van der Waals surface area contributed by atoms with E-state index in [-0.39, 0.29) is 46.7 Å². The number of amides is 1. The summed E-state index contributed by atoms with van der Waals surface area (Å²) >= 11 is 6.11. The molecule has 0 fully saturated rings. The Kier molecular flexibility index (Phi) is 8.03. The minimum atomic E-state index is -4.81. The van der Waals surface area contributed by atoms with Crippen molar-refractivity contribution in [2.75, 3.05) is 16.2 Å². The van der Waals surface area contributed by atoms with E-state index >= 15 is 0 Å². The van der Waals surface area contributed by atoms with Crippen LogP contribution in [0.2, 0.25) is 5.15 Å². The number of benzene rings is 1. The number of carboxylic acids is 1. The molecule has 1 aromatic carbocycles. The van der Waals surface area contributed by atoms with Crippen molar-refractivity contribution >= 4 is 45.1 Å². The highest BCUT2D eigenvalue weighted by molar-refractivity contribution is 7.93. The number of hydrogen-bond acceptors (Lipinski definition) is 6. The van der Waals surface area contributed by atoms with Gasteiger partial charge in [0.2, 0.25) is 5.60 Å². The average Bonchev–Trinajstić information content (AvgIpc) is 3.17. The second-order valence-corrected chi connectivity index (χ2v) is 11.2. The van der Waals surface area contributed by atoms with Crippen LogP contribution in [0.15, 0.2) is 29.3 Å². The molecule has 15 heteroatoms. The third-order valence-electron chi connectivity index (χ3n) is 5.91. The van der Waals surface area contributed by atoms with Crippen LogP contribution in [0.1, 0.15) is 39.2 Å². The number of halogens is 4. The van der Waals surface area contributed by atoms with E-state index in [1.165, 1.54) is 29.1 Å². The molecule has 2 N–H and O–H groups in total. The van der Waals surface area contributed by atoms with Crippen LogP contribution in [-0.2, 0) is 32.5 Å². The molecule has 0 aliphatic carbocycles. The van der Waals surface area contributed by atoms with E-state index in [1.54, 1.807) is 6.92 Å². The van der Waals surface area contributed by atoms with Crippen LogP contribution in [0.5, 0.6) is 0 Å². The Labute approximate surface area is 216 Å². The molecule has 1 amide bonds. The first-order valence-electron chi connectivity index (χ1n) is 11.2. The first kappa shape index (κ1) is 28.6. The summed E-state index contributed by atoms with van der Waals surface area (Å²) in [5, 5.41) is 15.0. The minimum Gasteiger partial charge on any atom is -0.481 e. The summed E-state index contributed by atoms with van der Waals surface area (Å²) in [5.74, 6) is -1.36. The van der Waals surface area contributed by atoms with Gasteiger partial charge in [0.15, 0.2) is 5.15 Å². The van der Waals surface area contributed by atoms with Crippen LogP contribution < -0.4 is 9.62 Å². The predicted octanol–water partition coefficient (Wildman–Crippen LogP) is 4.68. The Balaban J connectivity index is 1.98. The molecule has 1 aliphatic heterocycles. The predicted molar refractivity (Wildman–Crippen MR) is 128 cm³/mol. The second kappa shape index (κ2) is 10.4. The van der Waals surface area contributed by atoms with Gasteiger partial charge in [0.25, 0.3) is 10.0 Å². The Morgan fingerprint density at radius 2 is 1.97 bits per heavy atom. The summed E-state index contributed by atoms with van der Waals surface area (Å²) in [6.07, 6.45) is -4.51. The highest BCUT2D eigenvalue weighted by Crippen LogP contribution is 2.39. The summed E-state index contributed by atoms with van der Waals surface area (Å²) in [6.45, 7) is 3.42. The van der Waals surface area contributed by atoms with Crippen LogP contribution in [0, 0.1) is 5.92 Å². The smallest absolute Gasteiger partial charge is 0.427 e. The number of sulfonamides is 1. The van der Waals surface area contributed by atoms with Gasteiger partial charge in [-0.05, 0) is 57.2 Å². The molecule has 2 heterocycles. The number of aryl methyl sites for hydroxylation is 1. The minimum absolute atomic E-state index is 0.00117. The lowest BCUT2D eigenvalue weighted by atomic mass is 9.90. The van der Waals surface area contributed by atoms with Crippen LogP contribution in [-0.4, -0.2) is 53.7 Å². The summed E-state index contributed by atoms with van der Waals surface area (Å²) in [4.78, 5) is 23.0. The number of hydrogen-bond donors (Lipinski definition) is 2. The van der Waals surface area contributed by atoms with E-state index in [0.29, 0.717) is 32.4 Å². The van der Waals surface area contributed by atoms with Gasteiger partial charge in [-0.3, -0.25) is 19.1 Å². The first-order valence-corrected chi connectivity index (χ1v) is 13.0. The fraction of sp³-hybridized carbons (Fsp3) is 0.500. The summed E-state index contributed by atoms with van der Waals surface area (Å²) in [6, 6.07) is 4.22. The van der Waals surface area contributed by atoms with Crippen LogP contribution in [0.4, 0.5) is 29.3 Å². The zero-order chi connectivity index (χ0) is 27.8. The van der Waals surface area contributed by atoms with Gasteiger partial charge in [0, 0.05) is 31.4 Å². The van der Waals surface area contributed by atoms with Crippen molar-refractivity contribution in [3.63, 3.8) is 0 Å². The highest BCUT2D eigenvalue weighted by atomic mass is 35.5.